The second-order valence-electron chi connectivity index (χ2n) is 5.79. The molecule has 22 heavy (non-hydrogen) atoms. The van der Waals surface area contributed by atoms with E-state index in [0.717, 1.165) is 43.1 Å². The first kappa shape index (κ1) is 15.5. The molecule has 1 aliphatic heterocycles. The van der Waals surface area contributed by atoms with Crippen molar-refractivity contribution < 1.29 is 4.74 Å². The quantitative estimate of drug-likeness (QED) is 0.852. The van der Waals surface area contributed by atoms with Crippen molar-refractivity contribution in [1.82, 2.24) is 9.88 Å². The third-order valence-electron chi connectivity index (χ3n) is 4.24. The second-order valence-corrected chi connectivity index (χ2v) is 6.20. The molecule has 1 saturated heterocycles. The fraction of sp³-hybridized carbons (Fsp3) is 0.389. The van der Waals surface area contributed by atoms with Crippen LogP contribution >= 0.6 is 11.6 Å². The van der Waals surface area contributed by atoms with Crippen molar-refractivity contribution in [2.75, 3.05) is 26.3 Å². The van der Waals surface area contributed by atoms with E-state index in [2.05, 4.69) is 41.1 Å². The van der Waals surface area contributed by atoms with Crippen LogP contribution in [0, 0.1) is 6.92 Å². The summed E-state index contributed by atoms with van der Waals surface area (Å²) in [6.45, 7) is 7.88. The van der Waals surface area contributed by atoms with Gasteiger partial charge in [0.25, 0.3) is 0 Å². The zero-order chi connectivity index (χ0) is 15.5. The maximum atomic E-state index is 6.30. The van der Waals surface area contributed by atoms with E-state index in [9.17, 15) is 0 Å². The fourth-order valence-corrected chi connectivity index (χ4v) is 3.17. The summed E-state index contributed by atoms with van der Waals surface area (Å²) in [5.74, 6) is 0. The molecule has 1 atom stereocenters. The smallest absolute Gasteiger partial charge is 0.0888 e. The fourth-order valence-electron chi connectivity index (χ4n) is 2.84. The number of hydrogen-bond acceptors (Lipinski definition) is 3. The number of benzene rings is 1. The zero-order valence-electron chi connectivity index (χ0n) is 13.1. The standard InChI is InChI=1S/C18H21ClN2O/c1-13-11-17(19)18(20-12-13)16-5-3-15(4-6-16)14(2)21-7-9-22-10-8-21/h3-6,11-12,14H,7-10H2,1-2H3/t14-/m1/s1. The highest BCUT2D eigenvalue weighted by Gasteiger charge is 2.18. The Morgan fingerprint density at radius 1 is 1.18 bits per heavy atom. The molecule has 0 aliphatic carbocycles. The Kier molecular flexibility index (Phi) is 4.77. The number of aryl methyl sites for hydroxylation is 1. The molecule has 0 bridgehead atoms. The molecule has 1 aromatic heterocycles. The lowest BCUT2D eigenvalue weighted by molar-refractivity contribution is 0.0198. The van der Waals surface area contributed by atoms with Crippen LogP contribution in [0.4, 0.5) is 0 Å². The van der Waals surface area contributed by atoms with Crippen LogP contribution in [-0.4, -0.2) is 36.2 Å². The van der Waals surface area contributed by atoms with Gasteiger partial charge in [0.05, 0.1) is 23.9 Å². The normalized spacial score (nSPS) is 17.4. The van der Waals surface area contributed by atoms with Crippen molar-refractivity contribution in [2.45, 2.75) is 19.9 Å². The average molecular weight is 317 g/mol. The van der Waals surface area contributed by atoms with E-state index in [-0.39, 0.29) is 0 Å². The van der Waals surface area contributed by atoms with Crippen LogP contribution in [0.25, 0.3) is 11.3 Å². The van der Waals surface area contributed by atoms with Gasteiger partial charge in [-0.2, -0.15) is 0 Å². The Bertz CT molecular complexity index is 636. The summed E-state index contributed by atoms with van der Waals surface area (Å²) in [7, 11) is 0. The van der Waals surface area contributed by atoms with Gasteiger partial charge < -0.3 is 4.74 Å². The third-order valence-corrected chi connectivity index (χ3v) is 4.53. The molecule has 116 valence electrons. The van der Waals surface area contributed by atoms with Crippen LogP contribution in [0.15, 0.2) is 36.5 Å². The summed E-state index contributed by atoms with van der Waals surface area (Å²) in [6, 6.07) is 10.9. The van der Waals surface area contributed by atoms with Gasteiger partial charge in [0.15, 0.2) is 0 Å². The molecule has 1 aliphatic rings. The molecule has 0 unspecified atom stereocenters. The van der Waals surface area contributed by atoms with Gasteiger partial charge in [-0.15, -0.1) is 0 Å². The number of morpholine rings is 1. The highest BCUT2D eigenvalue weighted by atomic mass is 35.5. The molecule has 0 spiro atoms. The highest BCUT2D eigenvalue weighted by molar-refractivity contribution is 6.33. The Hall–Kier alpha value is -1.42. The molecule has 1 fully saturated rings. The Morgan fingerprint density at radius 2 is 1.86 bits per heavy atom. The summed E-state index contributed by atoms with van der Waals surface area (Å²) in [4.78, 5) is 6.91. The molecule has 0 amide bonds. The van der Waals surface area contributed by atoms with Gasteiger partial charge in [-0.25, -0.2) is 0 Å². The predicted octanol–water partition coefficient (Wildman–Crippen LogP) is 4.10. The summed E-state index contributed by atoms with van der Waals surface area (Å²) in [5, 5.41) is 0.703. The lowest BCUT2D eigenvalue weighted by Gasteiger charge is -2.32. The molecule has 0 saturated carbocycles. The van der Waals surface area contributed by atoms with Crippen molar-refractivity contribution >= 4 is 11.6 Å². The van der Waals surface area contributed by atoms with E-state index in [1.165, 1.54) is 5.56 Å². The van der Waals surface area contributed by atoms with Gasteiger partial charge >= 0.3 is 0 Å². The summed E-state index contributed by atoms with van der Waals surface area (Å²) in [6.07, 6.45) is 1.85. The summed E-state index contributed by atoms with van der Waals surface area (Å²) >= 11 is 6.30. The SMILES string of the molecule is Cc1cnc(-c2ccc([C@@H](C)N3CCOCC3)cc2)c(Cl)c1. The van der Waals surface area contributed by atoms with E-state index in [0.29, 0.717) is 11.1 Å². The topological polar surface area (TPSA) is 25.4 Å². The van der Waals surface area contributed by atoms with E-state index in [1.807, 2.05) is 19.2 Å². The number of nitrogens with zero attached hydrogens (tertiary/aromatic N) is 2. The Labute approximate surface area is 136 Å². The maximum absolute atomic E-state index is 6.30. The van der Waals surface area contributed by atoms with Gasteiger partial charge in [-0.3, -0.25) is 9.88 Å². The molecular formula is C18H21ClN2O. The van der Waals surface area contributed by atoms with Gasteiger partial charge in [0.2, 0.25) is 0 Å². The number of hydrogen-bond donors (Lipinski definition) is 0. The van der Waals surface area contributed by atoms with Crippen LogP contribution in [-0.2, 0) is 4.74 Å². The minimum absolute atomic E-state index is 0.402. The Balaban J connectivity index is 1.80. The zero-order valence-corrected chi connectivity index (χ0v) is 13.8. The van der Waals surface area contributed by atoms with Crippen molar-refractivity contribution in [3.05, 3.63) is 52.7 Å². The molecule has 2 heterocycles. The van der Waals surface area contributed by atoms with Crippen molar-refractivity contribution in [3.63, 3.8) is 0 Å². The molecule has 3 rings (SSSR count). The van der Waals surface area contributed by atoms with Crippen LogP contribution < -0.4 is 0 Å². The lowest BCUT2D eigenvalue weighted by Crippen LogP contribution is -2.37. The molecule has 0 radical (unpaired) electrons. The molecule has 0 N–H and O–H groups in total. The number of ether oxygens (including phenoxy) is 1. The first-order valence-electron chi connectivity index (χ1n) is 7.69. The van der Waals surface area contributed by atoms with E-state index in [1.54, 1.807) is 0 Å². The maximum Gasteiger partial charge on any atom is 0.0888 e. The van der Waals surface area contributed by atoms with Gasteiger partial charge in [-0.05, 0) is 31.0 Å². The Morgan fingerprint density at radius 3 is 2.50 bits per heavy atom. The van der Waals surface area contributed by atoms with Crippen molar-refractivity contribution in [1.29, 1.82) is 0 Å². The third kappa shape index (κ3) is 3.32. The summed E-state index contributed by atoms with van der Waals surface area (Å²) in [5.41, 5.74) is 4.29. The molecule has 3 nitrogen and oxygen atoms in total. The van der Waals surface area contributed by atoms with Crippen LogP contribution in [0.5, 0.6) is 0 Å². The number of pyridine rings is 1. The van der Waals surface area contributed by atoms with E-state index in [4.69, 9.17) is 16.3 Å². The first-order valence-corrected chi connectivity index (χ1v) is 8.07. The number of aromatic nitrogens is 1. The predicted molar refractivity (Wildman–Crippen MR) is 90.2 cm³/mol. The average Bonchev–Trinajstić information content (AvgIpc) is 2.55. The van der Waals surface area contributed by atoms with Crippen LogP contribution in [0.1, 0.15) is 24.1 Å². The molecule has 2 aromatic rings. The minimum atomic E-state index is 0.402. The minimum Gasteiger partial charge on any atom is -0.379 e. The van der Waals surface area contributed by atoms with Gasteiger partial charge in [-0.1, -0.05) is 35.9 Å². The monoisotopic (exact) mass is 316 g/mol. The van der Waals surface area contributed by atoms with Gasteiger partial charge in [0, 0.05) is 30.9 Å². The van der Waals surface area contributed by atoms with Crippen LogP contribution in [0.3, 0.4) is 0 Å². The summed E-state index contributed by atoms with van der Waals surface area (Å²) < 4.78 is 5.42. The van der Waals surface area contributed by atoms with E-state index >= 15 is 0 Å². The molecule has 4 heteroatoms. The van der Waals surface area contributed by atoms with Crippen LogP contribution in [0.2, 0.25) is 5.02 Å². The molecular weight excluding hydrogens is 296 g/mol. The van der Waals surface area contributed by atoms with Crippen molar-refractivity contribution in [3.8, 4) is 11.3 Å². The second kappa shape index (κ2) is 6.78. The highest BCUT2D eigenvalue weighted by Crippen LogP contribution is 2.28. The largest absolute Gasteiger partial charge is 0.379 e. The van der Waals surface area contributed by atoms with E-state index < -0.39 is 0 Å². The lowest BCUT2D eigenvalue weighted by atomic mass is 10.0. The molecule has 1 aromatic carbocycles. The number of halogens is 1. The van der Waals surface area contributed by atoms with Gasteiger partial charge in [0.1, 0.15) is 0 Å². The number of rotatable bonds is 3. The van der Waals surface area contributed by atoms with Crippen molar-refractivity contribution in [2.24, 2.45) is 0 Å². The first-order chi connectivity index (χ1) is 10.6.